The first-order valence-corrected chi connectivity index (χ1v) is 9.06. The lowest BCUT2D eigenvalue weighted by Gasteiger charge is -2.20. The summed E-state index contributed by atoms with van der Waals surface area (Å²) in [5, 5.41) is 3.21. The van der Waals surface area contributed by atoms with Crippen LogP contribution < -0.4 is 10.2 Å². The van der Waals surface area contributed by atoms with Crippen LogP contribution in [0.5, 0.6) is 0 Å². The average molecular weight is 323 g/mol. The fourth-order valence-electron chi connectivity index (χ4n) is 3.08. The van der Waals surface area contributed by atoms with Gasteiger partial charge in [-0.1, -0.05) is 0 Å². The number of sulfonamides is 1. The van der Waals surface area contributed by atoms with Gasteiger partial charge < -0.3 is 10.2 Å². The predicted molar refractivity (Wildman–Crippen MR) is 84.4 cm³/mol. The van der Waals surface area contributed by atoms with Crippen LogP contribution >= 0.6 is 0 Å². The maximum absolute atomic E-state index is 12.8. The second-order valence-corrected chi connectivity index (χ2v) is 7.66. The first-order chi connectivity index (χ1) is 10.5. The minimum absolute atomic E-state index is 0.00653. The fourth-order valence-corrected chi connectivity index (χ4v) is 4.61. The number of anilines is 1. The van der Waals surface area contributed by atoms with Gasteiger partial charge in [0.15, 0.2) is 0 Å². The zero-order chi connectivity index (χ0) is 15.7. The Hall–Kier alpha value is -1.44. The Kier molecular flexibility index (Phi) is 4.20. The summed E-state index contributed by atoms with van der Waals surface area (Å²) in [6.07, 6.45) is 1.53. The van der Waals surface area contributed by atoms with E-state index in [0.29, 0.717) is 37.5 Å². The van der Waals surface area contributed by atoms with Crippen molar-refractivity contribution in [2.75, 3.05) is 37.6 Å². The van der Waals surface area contributed by atoms with E-state index in [0.717, 1.165) is 24.2 Å². The van der Waals surface area contributed by atoms with Crippen molar-refractivity contribution in [1.29, 1.82) is 0 Å². The highest BCUT2D eigenvalue weighted by molar-refractivity contribution is 7.89. The van der Waals surface area contributed by atoms with Crippen molar-refractivity contribution < 1.29 is 13.2 Å². The van der Waals surface area contributed by atoms with Gasteiger partial charge in [-0.15, -0.1) is 0 Å². The molecule has 0 radical (unpaired) electrons. The lowest BCUT2D eigenvalue weighted by molar-refractivity contribution is -0.116. The van der Waals surface area contributed by atoms with Crippen LogP contribution in [0.2, 0.25) is 0 Å². The van der Waals surface area contributed by atoms with E-state index in [1.807, 2.05) is 0 Å². The summed E-state index contributed by atoms with van der Waals surface area (Å²) < 4.78 is 27.1. The zero-order valence-electron chi connectivity index (χ0n) is 12.7. The molecule has 1 saturated heterocycles. The molecular weight excluding hydrogens is 302 g/mol. The van der Waals surface area contributed by atoms with Crippen molar-refractivity contribution in [2.24, 2.45) is 0 Å². The maximum atomic E-state index is 12.8. The van der Waals surface area contributed by atoms with Crippen LogP contribution in [0.3, 0.4) is 0 Å². The number of nitrogens with zero attached hydrogens (tertiary/aromatic N) is 2. The van der Waals surface area contributed by atoms with Crippen molar-refractivity contribution in [3.8, 4) is 0 Å². The molecule has 1 amide bonds. The van der Waals surface area contributed by atoms with Gasteiger partial charge in [0.25, 0.3) is 0 Å². The Labute approximate surface area is 131 Å². The predicted octanol–water partition coefficient (Wildman–Crippen LogP) is 0.580. The van der Waals surface area contributed by atoms with Crippen LogP contribution in [0.25, 0.3) is 0 Å². The topological polar surface area (TPSA) is 69.7 Å². The highest BCUT2D eigenvalue weighted by Gasteiger charge is 2.28. The van der Waals surface area contributed by atoms with Crippen LogP contribution in [0.1, 0.15) is 18.9 Å². The van der Waals surface area contributed by atoms with E-state index in [-0.39, 0.29) is 5.91 Å². The van der Waals surface area contributed by atoms with Crippen LogP contribution in [-0.4, -0.2) is 51.4 Å². The van der Waals surface area contributed by atoms with Crippen molar-refractivity contribution >= 4 is 21.6 Å². The molecule has 1 aromatic rings. The summed E-state index contributed by atoms with van der Waals surface area (Å²) in [6.45, 7) is 4.74. The van der Waals surface area contributed by atoms with E-state index in [4.69, 9.17) is 0 Å². The van der Waals surface area contributed by atoms with E-state index in [1.54, 1.807) is 27.4 Å². The Balaban J connectivity index is 1.91. The number of carbonyl (C=O) groups excluding carboxylic acids is 1. The summed E-state index contributed by atoms with van der Waals surface area (Å²) in [5.74, 6) is -0.00653. The summed E-state index contributed by atoms with van der Waals surface area (Å²) in [4.78, 5) is 13.6. The van der Waals surface area contributed by atoms with Gasteiger partial charge in [0, 0.05) is 38.8 Å². The smallest absolute Gasteiger partial charge is 0.243 e. The number of rotatable bonds is 2. The molecule has 0 aromatic heterocycles. The normalized spacial score (nSPS) is 19.8. The Morgan fingerprint density at radius 2 is 2.00 bits per heavy atom. The number of hydrogen-bond acceptors (Lipinski definition) is 4. The van der Waals surface area contributed by atoms with Crippen molar-refractivity contribution in [2.45, 2.75) is 24.7 Å². The third-order valence-electron chi connectivity index (χ3n) is 4.26. The molecule has 1 aromatic carbocycles. The second-order valence-electron chi connectivity index (χ2n) is 5.72. The van der Waals surface area contributed by atoms with Crippen LogP contribution in [-0.2, 0) is 21.2 Å². The first-order valence-electron chi connectivity index (χ1n) is 7.62. The molecule has 1 fully saturated rings. The molecule has 22 heavy (non-hydrogen) atoms. The molecule has 120 valence electrons. The number of benzene rings is 1. The number of fused-ring (bicyclic) bond motifs is 1. The van der Waals surface area contributed by atoms with Gasteiger partial charge in [0.05, 0.1) is 4.90 Å². The molecule has 3 rings (SSSR count). The molecule has 2 aliphatic rings. The van der Waals surface area contributed by atoms with Gasteiger partial charge in [0.2, 0.25) is 15.9 Å². The molecule has 0 bridgehead atoms. The summed E-state index contributed by atoms with van der Waals surface area (Å²) in [6, 6.07) is 5.10. The van der Waals surface area contributed by atoms with Gasteiger partial charge in [0.1, 0.15) is 0 Å². The van der Waals surface area contributed by atoms with Gasteiger partial charge in [-0.2, -0.15) is 4.31 Å². The van der Waals surface area contributed by atoms with E-state index in [9.17, 15) is 13.2 Å². The standard InChI is InChI=1S/C15H21N3O3S/c1-12(19)18-9-5-13-11-14(3-4-15(13)18)22(20,21)17-8-2-6-16-7-10-17/h3-4,11,16H,2,5-10H2,1H3. The van der Waals surface area contributed by atoms with Gasteiger partial charge in [-0.05, 0) is 43.1 Å². The lowest BCUT2D eigenvalue weighted by atomic mass is 10.2. The number of amides is 1. The molecule has 0 saturated carbocycles. The number of hydrogen-bond donors (Lipinski definition) is 1. The molecule has 6 nitrogen and oxygen atoms in total. The monoisotopic (exact) mass is 323 g/mol. The number of nitrogens with one attached hydrogen (secondary N) is 1. The second kappa shape index (κ2) is 5.98. The van der Waals surface area contributed by atoms with Gasteiger partial charge in [-0.3, -0.25) is 4.79 Å². The Morgan fingerprint density at radius 3 is 2.77 bits per heavy atom. The average Bonchev–Trinajstić information content (AvgIpc) is 2.71. The van der Waals surface area contributed by atoms with E-state index in [1.165, 1.54) is 6.92 Å². The molecule has 2 heterocycles. The zero-order valence-corrected chi connectivity index (χ0v) is 13.5. The van der Waals surface area contributed by atoms with Gasteiger partial charge in [-0.25, -0.2) is 8.42 Å². The van der Waals surface area contributed by atoms with Crippen LogP contribution in [0, 0.1) is 0 Å². The van der Waals surface area contributed by atoms with Crippen molar-refractivity contribution in [3.05, 3.63) is 23.8 Å². The molecule has 0 unspecified atom stereocenters. The maximum Gasteiger partial charge on any atom is 0.243 e. The van der Waals surface area contributed by atoms with Crippen molar-refractivity contribution in [1.82, 2.24) is 9.62 Å². The molecule has 0 aliphatic carbocycles. The fraction of sp³-hybridized carbons (Fsp3) is 0.533. The minimum Gasteiger partial charge on any atom is -0.315 e. The highest BCUT2D eigenvalue weighted by Crippen LogP contribution is 2.31. The highest BCUT2D eigenvalue weighted by atomic mass is 32.2. The third kappa shape index (κ3) is 2.76. The summed E-state index contributed by atoms with van der Waals surface area (Å²) in [7, 11) is -3.45. The third-order valence-corrected chi connectivity index (χ3v) is 6.16. The van der Waals surface area contributed by atoms with Crippen LogP contribution in [0.15, 0.2) is 23.1 Å². The Bertz CT molecular complexity index is 679. The molecule has 7 heteroatoms. The van der Waals surface area contributed by atoms with E-state index >= 15 is 0 Å². The SMILES string of the molecule is CC(=O)N1CCc2cc(S(=O)(=O)N3CCCNCC3)ccc21. The van der Waals surface area contributed by atoms with E-state index in [2.05, 4.69) is 5.32 Å². The lowest BCUT2D eigenvalue weighted by Crippen LogP contribution is -2.34. The molecular formula is C15H21N3O3S. The summed E-state index contributed by atoms with van der Waals surface area (Å²) >= 11 is 0. The molecule has 0 spiro atoms. The Morgan fingerprint density at radius 1 is 1.18 bits per heavy atom. The molecule has 1 N–H and O–H groups in total. The van der Waals surface area contributed by atoms with Crippen LogP contribution in [0.4, 0.5) is 5.69 Å². The summed E-state index contributed by atoms with van der Waals surface area (Å²) in [5.41, 5.74) is 1.77. The molecule has 2 aliphatic heterocycles. The van der Waals surface area contributed by atoms with E-state index < -0.39 is 10.0 Å². The minimum atomic E-state index is -3.45. The number of carbonyl (C=O) groups is 1. The quantitative estimate of drug-likeness (QED) is 0.864. The first kappa shape index (κ1) is 15.5. The van der Waals surface area contributed by atoms with Crippen molar-refractivity contribution in [3.63, 3.8) is 0 Å². The largest absolute Gasteiger partial charge is 0.315 e. The van der Waals surface area contributed by atoms with Gasteiger partial charge >= 0.3 is 0 Å². The molecule has 0 atom stereocenters.